The van der Waals surface area contributed by atoms with E-state index in [2.05, 4.69) is 0 Å². The van der Waals surface area contributed by atoms with Gasteiger partial charge in [-0.05, 0) is 24.1 Å². The van der Waals surface area contributed by atoms with E-state index in [1.54, 1.807) is 6.92 Å². The van der Waals surface area contributed by atoms with Crippen LogP contribution < -0.4 is 5.56 Å². The van der Waals surface area contributed by atoms with Gasteiger partial charge in [-0.15, -0.1) is 0 Å². The third-order valence-corrected chi connectivity index (χ3v) is 4.32. The number of nitro groups is 1. The lowest BCUT2D eigenvalue weighted by Gasteiger charge is -2.19. The Kier molecular flexibility index (Phi) is 5.30. The number of rotatable bonds is 6. The number of hydrogen-bond donors (Lipinski definition) is 0. The summed E-state index contributed by atoms with van der Waals surface area (Å²) in [5.41, 5.74) is 0.866. The molecule has 0 amide bonds. The summed E-state index contributed by atoms with van der Waals surface area (Å²) in [5.74, 6) is -0.519. The Morgan fingerprint density at radius 3 is 2.56 bits per heavy atom. The monoisotopic (exact) mass is 366 g/mol. The van der Waals surface area contributed by atoms with Crippen molar-refractivity contribution in [2.24, 2.45) is 0 Å². The summed E-state index contributed by atoms with van der Waals surface area (Å²) in [6.45, 7) is 1.90. The Morgan fingerprint density at radius 1 is 1.15 bits per heavy atom. The highest BCUT2D eigenvalue weighted by Gasteiger charge is 2.23. The number of carbonyl (C=O) groups is 1. The normalized spacial score (nSPS) is 11.9. The summed E-state index contributed by atoms with van der Waals surface area (Å²) >= 11 is 0. The molecule has 7 nitrogen and oxygen atoms in total. The van der Waals surface area contributed by atoms with Gasteiger partial charge < -0.3 is 4.74 Å². The SMILES string of the molecule is CCC(C(=O)OCc1ccccc1)n1c(=O)ccc2cc([N+](=O)[O-])ccc21. The molecule has 0 aliphatic rings. The smallest absolute Gasteiger partial charge is 0.329 e. The Bertz CT molecular complexity index is 1040. The average molecular weight is 366 g/mol. The summed E-state index contributed by atoms with van der Waals surface area (Å²) in [6.07, 6.45) is 0.351. The molecule has 2 aromatic carbocycles. The zero-order chi connectivity index (χ0) is 19.4. The number of aromatic nitrogens is 1. The fraction of sp³-hybridized carbons (Fsp3) is 0.200. The maximum Gasteiger partial charge on any atom is 0.329 e. The van der Waals surface area contributed by atoms with Crippen LogP contribution in [-0.4, -0.2) is 15.5 Å². The Labute approximate surface area is 155 Å². The van der Waals surface area contributed by atoms with Crippen LogP contribution in [0.25, 0.3) is 10.9 Å². The predicted octanol–water partition coefficient (Wildman–Crippen LogP) is 3.60. The highest BCUT2D eigenvalue weighted by atomic mass is 16.6. The molecular weight excluding hydrogens is 348 g/mol. The van der Waals surface area contributed by atoms with Gasteiger partial charge in [0.25, 0.3) is 11.2 Å². The zero-order valence-electron chi connectivity index (χ0n) is 14.7. The second kappa shape index (κ2) is 7.82. The van der Waals surface area contributed by atoms with Crippen molar-refractivity contribution in [2.45, 2.75) is 26.0 Å². The summed E-state index contributed by atoms with van der Waals surface area (Å²) in [7, 11) is 0. The minimum absolute atomic E-state index is 0.0765. The Hall–Kier alpha value is -3.48. The van der Waals surface area contributed by atoms with Gasteiger partial charge in [0.05, 0.1) is 10.4 Å². The van der Waals surface area contributed by atoms with Gasteiger partial charge in [0, 0.05) is 23.6 Å². The minimum Gasteiger partial charge on any atom is -0.459 e. The van der Waals surface area contributed by atoms with E-state index in [4.69, 9.17) is 4.74 Å². The van der Waals surface area contributed by atoms with Gasteiger partial charge in [-0.2, -0.15) is 0 Å². The fourth-order valence-corrected chi connectivity index (χ4v) is 2.97. The van der Waals surface area contributed by atoms with Crippen LogP contribution in [-0.2, 0) is 16.1 Å². The molecule has 138 valence electrons. The Balaban J connectivity index is 1.95. The number of ether oxygens (including phenoxy) is 1. The van der Waals surface area contributed by atoms with E-state index in [-0.39, 0.29) is 17.9 Å². The van der Waals surface area contributed by atoms with Gasteiger partial charge >= 0.3 is 5.97 Å². The van der Waals surface area contributed by atoms with E-state index in [9.17, 15) is 19.7 Å². The maximum absolute atomic E-state index is 12.6. The molecule has 7 heteroatoms. The minimum atomic E-state index is -0.814. The lowest BCUT2D eigenvalue weighted by atomic mass is 10.1. The quantitative estimate of drug-likeness (QED) is 0.378. The molecule has 3 rings (SSSR count). The first kappa shape index (κ1) is 18.3. The van der Waals surface area contributed by atoms with Gasteiger partial charge in [-0.25, -0.2) is 4.79 Å². The van der Waals surface area contributed by atoms with Crippen LogP contribution in [0, 0.1) is 10.1 Å². The van der Waals surface area contributed by atoms with E-state index >= 15 is 0 Å². The molecular formula is C20H18N2O5. The number of nitro benzene ring substituents is 1. The van der Waals surface area contributed by atoms with Crippen molar-refractivity contribution < 1.29 is 14.5 Å². The topological polar surface area (TPSA) is 91.4 Å². The van der Waals surface area contributed by atoms with Crippen molar-refractivity contribution in [3.63, 3.8) is 0 Å². The average Bonchev–Trinajstić information content (AvgIpc) is 2.68. The highest BCUT2D eigenvalue weighted by Crippen LogP contribution is 2.23. The summed E-state index contributed by atoms with van der Waals surface area (Å²) in [6, 6.07) is 15.5. The first-order chi connectivity index (χ1) is 13.0. The molecule has 1 atom stereocenters. The number of fused-ring (bicyclic) bond motifs is 1. The lowest BCUT2D eigenvalue weighted by Crippen LogP contribution is -2.30. The van der Waals surface area contributed by atoms with Crippen molar-refractivity contribution >= 4 is 22.6 Å². The van der Waals surface area contributed by atoms with E-state index in [0.29, 0.717) is 17.3 Å². The third-order valence-electron chi connectivity index (χ3n) is 4.32. The van der Waals surface area contributed by atoms with E-state index in [1.807, 2.05) is 30.3 Å². The number of esters is 1. The van der Waals surface area contributed by atoms with Crippen LogP contribution in [0.3, 0.4) is 0 Å². The number of pyridine rings is 1. The molecule has 0 N–H and O–H groups in total. The molecule has 1 aromatic heterocycles. The van der Waals surface area contributed by atoms with E-state index in [1.165, 1.54) is 34.9 Å². The van der Waals surface area contributed by atoms with Gasteiger partial charge in [0.2, 0.25) is 0 Å². The van der Waals surface area contributed by atoms with Crippen molar-refractivity contribution in [1.82, 2.24) is 4.57 Å². The molecule has 0 bridgehead atoms. The standard InChI is InChI=1S/C20H18N2O5/c1-2-17(20(24)27-13-14-6-4-3-5-7-14)21-18-10-9-16(22(25)26)12-15(18)8-11-19(21)23/h3-12,17H,2,13H2,1H3. The summed E-state index contributed by atoms with van der Waals surface area (Å²) < 4.78 is 6.73. The molecule has 0 fully saturated rings. The second-order valence-corrected chi connectivity index (χ2v) is 6.06. The van der Waals surface area contributed by atoms with Gasteiger partial charge in [-0.1, -0.05) is 37.3 Å². The number of nitrogens with zero attached hydrogens (tertiary/aromatic N) is 2. The molecule has 1 unspecified atom stereocenters. The molecule has 0 saturated carbocycles. The summed E-state index contributed by atoms with van der Waals surface area (Å²) in [4.78, 5) is 35.6. The highest BCUT2D eigenvalue weighted by molar-refractivity contribution is 5.84. The van der Waals surface area contributed by atoms with Crippen LogP contribution in [0.4, 0.5) is 5.69 Å². The first-order valence-corrected chi connectivity index (χ1v) is 8.51. The summed E-state index contributed by atoms with van der Waals surface area (Å²) in [5, 5.41) is 11.5. The maximum atomic E-state index is 12.6. The molecule has 0 spiro atoms. The predicted molar refractivity (Wildman–Crippen MR) is 100 cm³/mol. The third kappa shape index (κ3) is 3.87. The second-order valence-electron chi connectivity index (χ2n) is 6.06. The number of non-ortho nitro benzene ring substituents is 1. The van der Waals surface area contributed by atoms with Crippen LogP contribution in [0.15, 0.2) is 65.5 Å². The number of benzene rings is 2. The molecule has 0 saturated heterocycles. The van der Waals surface area contributed by atoms with Crippen LogP contribution in [0.5, 0.6) is 0 Å². The number of carbonyl (C=O) groups excluding carboxylic acids is 1. The van der Waals surface area contributed by atoms with Crippen molar-refractivity contribution in [3.8, 4) is 0 Å². The van der Waals surface area contributed by atoms with Gasteiger partial charge in [0.1, 0.15) is 12.6 Å². The molecule has 1 heterocycles. The van der Waals surface area contributed by atoms with Gasteiger partial charge in [0.15, 0.2) is 0 Å². The lowest BCUT2D eigenvalue weighted by molar-refractivity contribution is -0.384. The molecule has 0 aliphatic carbocycles. The largest absolute Gasteiger partial charge is 0.459 e. The number of hydrogen-bond acceptors (Lipinski definition) is 5. The molecule has 0 radical (unpaired) electrons. The molecule has 27 heavy (non-hydrogen) atoms. The van der Waals surface area contributed by atoms with Crippen LogP contribution >= 0.6 is 0 Å². The molecule has 3 aromatic rings. The fourth-order valence-electron chi connectivity index (χ4n) is 2.97. The van der Waals surface area contributed by atoms with Crippen molar-refractivity contribution in [1.29, 1.82) is 0 Å². The van der Waals surface area contributed by atoms with E-state index < -0.39 is 16.9 Å². The van der Waals surface area contributed by atoms with Crippen LogP contribution in [0.1, 0.15) is 24.9 Å². The van der Waals surface area contributed by atoms with Crippen LogP contribution in [0.2, 0.25) is 0 Å². The Morgan fingerprint density at radius 2 is 1.89 bits per heavy atom. The zero-order valence-corrected chi connectivity index (χ0v) is 14.7. The van der Waals surface area contributed by atoms with Crippen molar-refractivity contribution in [2.75, 3.05) is 0 Å². The van der Waals surface area contributed by atoms with Crippen molar-refractivity contribution in [3.05, 3.63) is 86.7 Å². The first-order valence-electron chi connectivity index (χ1n) is 8.51. The molecule has 0 aliphatic heterocycles. The van der Waals surface area contributed by atoms with Gasteiger partial charge in [-0.3, -0.25) is 19.5 Å². The van der Waals surface area contributed by atoms with E-state index in [0.717, 1.165) is 5.56 Å².